The van der Waals surface area contributed by atoms with Crippen LogP contribution < -0.4 is 0 Å². The Morgan fingerprint density at radius 3 is 2.52 bits per heavy atom. The van der Waals surface area contributed by atoms with Gasteiger partial charge in [-0.1, -0.05) is 57.5 Å². The van der Waals surface area contributed by atoms with Gasteiger partial charge in [-0.15, -0.1) is 0 Å². The van der Waals surface area contributed by atoms with Crippen LogP contribution in [0.4, 0.5) is 0 Å². The first-order valence-electron chi connectivity index (χ1n) is 9.93. The summed E-state index contributed by atoms with van der Waals surface area (Å²) in [5.74, 6) is 0.688. The van der Waals surface area contributed by atoms with Gasteiger partial charge in [0, 0.05) is 12.0 Å². The molecular formula is C22H32O5. The fourth-order valence-electron chi connectivity index (χ4n) is 3.75. The molecule has 5 heteroatoms. The molecule has 1 aromatic rings. The van der Waals surface area contributed by atoms with Gasteiger partial charge in [0.05, 0.1) is 12.7 Å². The Morgan fingerprint density at radius 1 is 1.15 bits per heavy atom. The van der Waals surface area contributed by atoms with Crippen LogP contribution in [0.3, 0.4) is 0 Å². The van der Waals surface area contributed by atoms with Crippen LogP contribution in [-0.4, -0.2) is 42.3 Å². The highest BCUT2D eigenvalue weighted by atomic mass is 16.6. The highest BCUT2D eigenvalue weighted by Gasteiger charge is 2.31. The minimum atomic E-state index is -1.45. The van der Waals surface area contributed by atoms with E-state index in [4.69, 9.17) is 9.47 Å². The van der Waals surface area contributed by atoms with Gasteiger partial charge >= 0.3 is 5.97 Å². The molecule has 0 aliphatic heterocycles. The Morgan fingerprint density at radius 2 is 1.85 bits per heavy atom. The van der Waals surface area contributed by atoms with Crippen LogP contribution >= 0.6 is 0 Å². The van der Waals surface area contributed by atoms with Gasteiger partial charge in [0.2, 0.25) is 0 Å². The van der Waals surface area contributed by atoms with Crippen molar-refractivity contribution in [2.24, 2.45) is 17.8 Å². The number of hydrogen-bond acceptors (Lipinski definition) is 5. The third-order valence-electron chi connectivity index (χ3n) is 5.37. The van der Waals surface area contributed by atoms with Gasteiger partial charge in [0.25, 0.3) is 0 Å². The normalized spacial score (nSPS) is 23.8. The number of Topliss-reactive ketones (excluding diaryl/α,β-unsaturated/α-hetero) is 1. The van der Waals surface area contributed by atoms with Crippen molar-refractivity contribution in [1.82, 2.24) is 0 Å². The summed E-state index contributed by atoms with van der Waals surface area (Å²) < 4.78 is 11.1. The third kappa shape index (κ3) is 6.74. The van der Waals surface area contributed by atoms with Gasteiger partial charge in [-0.05, 0) is 30.6 Å². The minimum Gasteiger partial charge on any atom is -0.461 e. The number of benzene rings is 1. The Kier molecular flexibility index (Phi) is 8.45. The first-order chi connectivity index (χ1) is 12.9. The standard InChI is InChI=1S/C22H32O5/c1-15(2)18-10-9-16(3)13-21(18)26-11-12-27-22(25)20(24)14-19(23)17-7-5-4-6-8-17/h4-8,15-16,18,20-21,24H,9-14H2,1-3H3. The van der Waals surface area contributed by atoms with E-state index in [1.165, 1.54) is 12.8 Å². The number of aliphatic hydroxyl groups is 1. The van der Waals surface area contributed by atoms with Gasteiger partial charge in [0.15, 0.2) is 11.9 Å². The molecule has 4 atom stereocenters. The van der Waals surface area contributed by atoms with Crippen molar-refractivity contribution in [2.45, 2.75) is 58.7 Å². The fourth-order valence-corrected chi connectivity index (χ4v) is 3.75. The Balaban J connectivity index is 1.71. The molecule has 0 spiro atoms. The zero-order valence-corrected chi connectivity index (χ0v) is 16.6. The number of ether oxygens (including phenoxy) is 2. The Bertz CT molecular complexity index is 598. The molecule has 1 N–H and O–H groups in total. The molecule has 0 amide bonds. The van der Waals surface area contributed by atoms with Gasteiger partial charge in [0.1, 0.15) is 6.61 Å². The van der Waals surface area contributed by atoms with Crippen molar-refractivity contribution in [1.29, 1.82) is 0 Å². The summed E-state index contributed by atoms with van der Waals surface area (Å²) in [6, 6.07) is 8.60. The lowest BCUT2D eigenvalue weighted by atomic mass is 9.75. The second kappa shape index (κ2) is 10.6. The lowest BCUT2D eigenvalue weighted by Gasteiger charge is -2.37. The van der Waals surface area contributed by atoms with E-state index in [9.17, 15) is 14.7 Å². The minimum absolute atomic E-state index is 0.0884. The molecule has 1 aliphatic carbocycles. The van der Waals surface area contributed by atoms with E-state index in [2.05, 4.69) is 20.8 Å². The third-order valence-corrected chi connectivity index (χ3v) is 5.37. The summed E-state index contributed by atoms with van der Waals surface area (Å²) in [4.78, 5) is 23.9. The van der Waals surface area contributed by atoms with Crippen LogP contribution in [0.2, 0.25) is 0 Å². The molecule has 1 aliphatic rings. The van der Waals surface area contributed by atoms with Crippen LogP contribution in [0.1, 0.15) is 56.8 Å². The van der Waals surface area contributed by atoms with E-state index in [-0.39, 0.29) is 24.9 Å². The van der Waals surface area contributed by atoms with E-state index in [1.807, 2.05) is 0 Å². The summed E-state index contributed by atoms with van der Waals surface area (Å²) >= 11 is 0. The molecule has 1 saturated carbocycles. The summed E-state index contributed by atoms with van der Waals surface area (Å²) in [7, 11) is 0. The van der Waals surface area contributed by atoms with E-state index in [0.29, 0.717) is 29.9 Å². The summed E-state index contributed by atoms with van der Waals surface area (Å²) in [5, 5.41) is 9.91. The molecule has 0 aromatic heterocycles. The van der Waals surface area contributed by atoms with E-state index >= 15 is 0 Å². The van der Waals surface area contributed by atoms with Crippen LogP contribution in [0, 0.1) is 17.8 Å². The molecule has 0 radical (unpaired) electrons. The lowest BCUT2D eigenvalue weighted by Crippen LogP contribution is -2.35. The molecular weight excluding hydrogens is 344 g/mol. The number of hydrogen-bond donors (Lipinski definition) is 1. The maximum absolute atomic E-state index is 12.0. The van der Waals surface area contributed by atoms with Gasteiger partial charge < -0.3 is 14.6 Å². The van der Waals surface area contributed by atoms with Gasteiger partial charge in [-0.2, -0.15) is 0 Å². The molecule has 0 saturated heterocycles. The maximum Gasteiger partial charge on any atom is 0.335 e. The number of carbonyl (C=O) groups excluding carboxylic acids is 2. The van der Waals surface area contributed by atoms with Crippen molar-refractivity contribution in [3.63, 3.8) is 0 Å². The fraction of sp³-hybridized carbons (Fsp3) is 0.636. The van der Waals surface area contributed by atoms with Crippen molar-refractivity contribution in [2.75, 3.05) is 13.2 Å². The monoisotopic (exact) mass is 376 g/mol. The molecule has 1 aromatic carbocycles. The second-order valence-corrected chi connectivity index (χ2v) is 7.91. The number of aliphatic hydroxyl groups excluding tert-OH is 1. The van der Waals surface area contributed by atoms with Crippen molar-refractivity contribution < 1.29 is 24.2 Å². The number of carbonyl (C=O) groups is 2. The van der Waals surface area contributed by atoms with Crippen molar-refractivity contribution in [3.8, 4) is 0 Å². The first kappa shape index (κ1) is 21.6. The smallest absolute Gasteiger partial charge is 0.335 e. The second-order valence-electron chi connectivity index (χ2n) is 7.91. The largest absolute Gasteiger partial charge is 0.461 e. The zero-order valence-electron chi connectivity index (χ0n) is 16.6. The Labute approximate surface area is 162 Å². The number of ketones is 1. The van der Waals surface area contributed by atoms with Crippen LogP contribution in [0.5, 0.6) is 0 Å². The first-order valence-corrected chi connectivity index (χ1v) is 9.93. The average molecular weight is 376 g/mol. The lowest BCUT2D eigenvalue weighted by molar-refractivity contribution is -0.156. The quantitative estimate of drug-likeness (QED) is 0.405. The molecule has 0 heterocycles. The zero-order chi connectivity index (χ0) is 19.8. The Hall–Kier alpha value is -1.72. The van der Waals surface area contributed by atoms with E-state index in [1.54, 1.807) is 30.3 Å². The molecule has 4 unspecified atom stereocenters. The predicted molar refractivity (Wildman–Crippen MR) is 103 cm³/mol. The van der Waals surface area contributed by atoms with Gasteiger partial charge in [-0.25, -0.2) is 4.79 Å². The van der Waals surface area contributed by atoms with Crippen LogP contribution in [0.15, 0.2) is 30.3 Å². The van der Waals surface area contributed by atoms with Crippen molar-refractivity contribution in [3.05, 3.63) is 35.9 Å². The highest BCUT2D eigenvalue weighted by Crippen LogP contribution is 2.35. The van der Waals surface area contributed by atoms with Crippen LogP contribution in [0.25, 0.3) is 0 Å². The summed E-state index contributed by atoms with van der Waals surface area (Å²) in [5.41, 5.74) is 0.471. The SMILES string of the molecule is CC1CCC(C(C)C)C(OCCOC(=O)C(O)CC(=O)c2ccccc2)C1. The summed E-state index contributed by atoms with van der Waals surface area (Å²) in [6.07, 6.45) is 1.90. The van der Waals surface area contributed by atoms with Crippen LogP contribution in [-0.2, 0) is 14.3 Å². The van der Waals surface area contributed by atoms with E-state index in [0.717, 1.165) is 6.42 Å². The highest BCUT2D eigenvalue weighted by molar-refractivity contribution is 5.98. The average Bonchev–Trinajstić information content (AvgIpc) is 2.65. The maximum atomic E-state index is 12.0. The molecule has 2 rings (SSSR count). The van der Waals surface area contributed by atoms with Crippen molar-refractivity contribution >= 4 is 11.8 Å². The number of esters is 1. The molecule has 5 nitrogen and oxygen atoms in total. The molecule has 27 heavy (non-hydrogen) atoms. The summed E-state index contributed by atoms with van der Waals surface area (Å²) in [6.45, 7) is 7.08. The predicted octanol–water partition coefficient (Wildman–Crippen LogP) is 3.64. The van der Waals surface area contributed by atoms with Gasteiger partial charge in [-0.3, -0.25) is 4.79 Å². The molecule has 0 bridgehead atoms. The molecule has 150 valence electrons. The molecule has 1 fully saturated rings. The number of rotatable bonds is 9. The van der Waals surface area contributed by atoms with E-state index < -0.39 is 12.1 Å². The topological polar surface area (TPSA) is 72.8 Å².